The molecule has 4 rings (SSSR count). The summed E-state index contributed by atoms with van der Waals surface area (Å²) in [7, 11) is 3.13. The van der Waals surface area contributed by atoms with Crippen molar-refractivity contribution in [3.63, 3.8) is 0 Å². The molecule has 0 fully saturated rings. The molecule has 3 aromatic carbocycles. The second kappa shape index (κ2) is 8.75. The average Bonchev–Trinajstić information content (AvgIpc) is 3.25. The lowest BCUT2D eigenvalue weighted by Gasteiger charge is -2.10. The van der Waals surface area contributed by atoms with Gasteiger partial charge in [-0.05, 0) is 37.3 Å². The van der Waals surface area contributed by atoms with E-state index >= 15 is 0 Å². The van der Waals surface area contributed by atoms with Crippen molar-refractivity contribution in [2.45, 2.75) is 6.92 Å². The zero-order chi connectivity index (χ0) is 21.8. The van der Waals surface area contributed by atoms with Gasteiger partial charge in [-0.25, -0.2) is 4.68 Å². The van der Waals surface area contributed by atoms with Crippen LogP contribution in [0, 0.1) is 6.92 Å². The van der Waals surface area contributed by atoms with Crippen LogP contribution in [0.1, 0.15) is 15.9 Å². The molecule has 0 aliphatic heterocycles. The summed E-state index contributed by atoms with van der Waals surface area (Å²) in [5.74, 6) is 0.878. The van der Waals surface area contributed by atoms with Crippen LogP contribution in [0.25, 0.3) is 16.9 Å². The zero-order valence-electron chi connectivity index (χ0n) is 17.6. The van der Waals surface area contributed by atoms with E-state index in [1.165, 1.54) is 0 Å². The van der Waals surface area contributed by atoms with Crippen LogP contribution in [0.5, 0.6) is 11.5 Å². The van der Waals surface area contributed by atoms with Crippen LogP contribution in [0.3, 0.4) is 0 Å². The Kier molecular flexibility index (Phi) is 5.71. The van der Waals surface area contributed by atoms with E-state index in [1.54, 1.807) is 43.3 Å². The molecule has 6 heteroatoms. The van der Waals surface area contributed by atoms with Gasteiger partial charge in [0.1, 0.15) is 5.69 Å². The highest BCUT2D eigenvalue weighted by Crippen LogP contribution is 2.31. The molecule has 0 bridgehead atoms. The number of benzene rings is 3. The lowest BCUT2D eigenvalue weighted by atomic mass is 10.1. The molecule has 0 radical (unpaired) electrons. The highest BCUT2D eigenvalue weighted by molar-refractivity contribution is 6.08. The van der Waals surface area contributed by atoms with Crippen molar-refractivity contribution >= 4 is 11.6 Å². The van der Waals surface area contributed by atoms with Gasteiger partial charge in [0, 0.05) is 23.5 Å². The minimum Gasteiger partial charge on any atom is -0.493 e. The van der Waals surface area contributed by atoms with Crippen molar-refractivity contribution < 1.29 is 14.3 Å². The van der Waals surface area contributed by atoms with Crippen molar-refractivity contribution in [3.8, 4) is 28.4 Å². The predicted molar refractivity (Wildman–Crippen MR) is 121 cm³/mol. The number of anilines is 1. The Labute approximate surface area is 181 Å². The van der Waals surface area contributed by atoms with E-state index < -0.39 is 0 Å². The molecular formula is C25H23N3O3. The number of hydrogen-bond acceptors (Lipinski definition) is 4. The van der Waals surface area contributed by atoms with Crippen LogP contribution in [-0.4, -0.2) is 29.9 Å². The van der Waals surface area contributed by atoms with Crippen LogP contribution in [-0.2, 0) is 0 Å². The molecule has 0 saturated heterocycles. The molecular weight excluding hydrogens is 390 g/mol. The molecule has 0 aliphatic rings. The molecule has 4 aromatic rings. The van der Waals surface area contributed by atoms with Gasteiger partial charge in [0.15, 0.2) is 11.5 Å². The second-order valence-electron chi connectivity index (χ2n) is 7.06. The number of para-hydroxylation sites is 1. The van der Waals surface area contributed by atoms with Gasteiger partial charge in [0.05, 0.1) is 25.5 Å². The fourth-order valence-electron chi connectivity index (χ4n) is 3.37. The van der Waals surface area contributed by atoms with Crippen LogP contribution < -0.4 is 14.8 Å². The minimum atomic E-state index is -0.258. The van der Waals surface area contributed by atoms with E-state index in [1.807, 2.05) is 61.5 Å². The number of rotatable bonds is 6. The third-order valence-corrected chi connectivity index (χ3v) is 4.91. The molecule has 0 unspecified atom stereocenters. The van der Waals surface area contributed by atoms with Gasteiger partial charge < -0.3 is 14.8 Å². The van der Waals surface area contributed by atoms with Crippen molar-refractivity contribution in [1.82, 2.24) is 9.78 Å². The Hall–Kier alpha value is -4.06. The van der Waals surface area contributed by atoms with Gasteiger partial charge in [-0.15, -0.1) is 0 Å². The summed E-state index contributed by atoms with van der Waals surface area (Å²) in [6, 6.07) is 22.9. The number of nitrogens with one attached hydrogen (secondary N) is 1. The molecule has 6 nitrogen and oxygen atoms in total. The first-order valence-corrected chi connectivity index (χ1v) is 9.84. The maximum Gasteiger partial charge on any atom is 0.259 e. The predicted octanol–water partition coefficient (Wildman–Crippen LogP) is 5.12. The molecule has 0 spiro atoms. The van der Waals surface area contributed by atoms with E-state index in [2.05, 4.69) is 5.32 Å². The van der Waals surface area contributed by atoms with Gasteiger partial charge in [-0.1, -0.05) is 42.0 Å². The first-order chi connectivity index (χ1) is 15.1. The molecule has 1 heterocycles. The molecule has 1 N–H and O–H groups in total. The third-order valence-electron chi connectivity index (χ3n) is 4.91. The fraction of sp³-hybridized carbons (Fsp3) is 0.120. The van der Waals surface area contributed by atoms with Gasteiger partial charge in [-0.2, -0.15) is 5.10 Å². The Morgan fingerprint density at radius 2 is 1.68 bits per heavy atom. The summed E-state index contributed by atoms with van der Waals surface area (Å²) in [5, 5.41) is 7.67. The Bertz CT molecular complexity index is 1220. The second-order valence-corrected chi connectivity index (χ2v) is 7.06. The molecule has 0 atom stereocenters. The summed E-state index contributed by atoms with van der Waals surface area (Å²) >= 11 is 0. The molecule has 31 heavy (non-hydrogen) atoms. The van der Waals surface area contributed by atoms with Crippen LogP contribution in [0.2, 0.25) is 0 Å². The van der Waals surface area contributed by atoms with Crippen molar-refractivity contribution in [2.75, 3.05) is 19.5 Å². The van der Waals surface area contributed by atoms with Crippen LogP contribution >= 0.6 is 0 Å². The monoisotopic (exact) mass is 413 g/mol. The largest absolute Gasteiger partial charge is 0.493 e. The number of carbonyl (C=O) groups excluding carboxylic acids is 1. The van der Waals surface area contributed by atoms with E-state index in [4.69, 9.17) is 14.6 Å². The minimum absolute atomic E-state index is 0.258. The van der Waals surface area contributed by atoms with E-state index in [0.717, 1.165) is 16.8 Å². The van der Waals surface area contributed by atoms with Gasteiger partial charge in [-0.3, -0.25) is 4.79 Å². The smallest absolute Gasteiger partial charge is 0.259 e. The highest BCUT2D eigenvalue weighted by Gasteiger charge is 2.19. The van der Waals surface area contributed by atoms with Crippen molar-refractivity contribution in [1.29, 1.82) is 0 Å². The molecule has 0 aliphatic carbocycles. The molecule has 0 saturated carbocycles. The molecule has 156 valence electrons. The fourth-order valence-corrected chi connectivity index (χ4v) is 3.37. The highest BCUT2D eigenvalue weighted by atomic mass is 16.5. The van der Waals surface area contributed by atoms with Crippen LogP contribution in [0.15, 0.2) is 79.0 Å². The summed E-state index contributed by atoms with van der Waals surface area (Å²) in [6.45, 7) is 2.01. The molecule has 1 aromatic heterocycles. The maximum absolute atomic E-state index is 13.3. The standard InChI is InChI=1S/C25H23N3O3/c1-17-8-7-9-18(14-17)24-21(16-28(27-24)20-10-5-4-6-11-20)25(29)26-19-12-13-22(30-2)23(15-19)31-3/h4-16H,1-3H3,(H,26,29). The first-order valence-electron chi connectivity index (χ1n) is 9.84. The number of aromatic nitrogens is 2. The number of carbonyl (C=O) groups is 1. The maximum atomic E-state index is 13.3. The lowest BCUT2D eigenvalue weighted by molar-refractivity contribution is 0.102. The zero-order valence-corrected chi connectivity index (χ0v) is 17.6. The average molecular weight is 413 g/mol. The Morgan fingerprint density at radius 3 is 2.39 bits per heavy atom. The Morgan fingerprint density at radius 1 is 0.903 bits per heavy atom. The summed E-state index contributed by atoms with van der Waals surface area (Å²) in [5.41, 5.74) is 4.55. The third kappa shape index (κ3) is 4.28. The number of amides is 1. The van der Waals surface area contributed by atoms with E-state index in [9.17, 15) is 4.79 Å². The first kappa shape index (κ1) is 20.2. The lowest BCUT2D eigenvalue weighted by Crippen LogP contribution is -2.12. The summed E-state index contributed by atoms with van der Waals surface area (Å²) < 4.78 is 12.3. The van der Waals surface area contributed by atoms with Crippen molar-refractivity contribution in [3.05, 3.63) is 90.1 Å². The van der Waals surface area contributed by atoms with Crippen molar-refractivity contribution in [2.24, 2.45) is 0 Å². The quantitative estimate of drug-likeness (QED) is 0.477. The molecule has 1 amide bonds. The van der Waals surface area contributed by atoms with E-state index in [0.29, 0.717) is 28.4 Å². The van der Waals surface area contributed by atoms with Gasteiger partial charge >= 0.3 is 0 Å². The normalized spacial score (nSPS) is 10.5. The number of methoxy groups -OCH3 is 2. The topological polar surface area (TPSA) is 65.4 Å². The van der Waals surface area contributed by atoms with E-state index in [-0.39, 0.29) is 5.91 Å². The number of nitrogens with zero attached hydrogens (tertiary/aromatic N) is 2. The number of ether oxygens (including phenoxy) is 2. The number of aryl methyl sites for hydroxylation is 1. The SMILES string of the molecule is COc1ccc(NC(=O)c2cn(-c3ccccc3)nc2-c2cccc(C)c2)cc1OC. The summed E-state index contributed by atoms with van der Waals surface area (Å²) in [6.07, 6.45) is 1.75. The Balaban J connectivity index is 1.74. The van der Waals surface area contributed by atoms with Gasteiger partial charge in [0.25, 0.3) is 5.91 Å². The van der Waals surface area contributed by atoms with Gasteiger partial charge in [0.2, 0.25) is 0 Å². The van der Waals surface area contributed by atoms with Crippen LogP contribution in [0.4, 0.5) is 5.69 Å². The summed E-state index contributed by atoms with van der Waals surface area (Å²) in [4.78, 5) is 13.3. The number of hydrogen-bond donors (Lipinski definition) is 1.